The Kier molecular flexibility index (Phi) is 4.67. The van der Waals surface area contributed by atoms with Crippen LogP contribution in [0, 0.1) is 11.3 Å². The highest BCUT2D eigenvalue weighted by Crippen LogP contribution is 2.37. The van der Waals surface area contributed by atoms with Crippen molar-refractivity contribution < 1.29 is 0 Å². The largest absolute Gasteiger partial charge is 0.342 e. The summed E-state index contributed by atoms with van der Waals surface area (Å²) in [4.78, 5) is 10.1. The molecule has 0 atom stereocenters. The maximum absolute atomic E-state index is 8.72. The first-order chi connectivity index (χ1) is 10.8. The van der Waals surface area contributed by atoms with Crippen LogP contribution in [0.4, 0.5) is 0 Å². The van der Waals surface area contributed by atoms with Gasteiger partial charge in [-0.2, -0.15) is 5.26 Å². The molecule has 1 N–H and O–H groups in total. The highest BCUT2D eigenvalue weighted by Gasteiger charge is 2.13. The zero-order valence-corrected chi connectivity index (χ0v) is 13.4. The number of pyridine rings is 1. The number of hydrogen-bond acceptors (Lipinski definition) is 3. The van der Waals surface area contributed by atoms with Gasteiger partial charge in [-0.05, 0) is 49.2 Å². The van der Waals surface area contributed by atoms with E-state index in [-0.39, 0.29) is 0 Å². The van der Waals surface area contributed by atoms with Crippen molar-refractivity contribution in [1.82, 2.24) is 9.97 Å². The van der Waals surface area contributed by atoms with Crippen molar-refractivity contribution >= 4 is 34.4 Å². The Bertz CT molecular complexity index is 818. The third kappa shape index (κ3) is 3.27. The third-order valence-corrected chi connectivity index (χ3v) is 4.77. The number of aromatic amines is 1. The predicted molar refractivity (Wildman–Crippen MR) is 90.2 cm³/mol. The second-order valence-electron chi connectivity index (χ2n) is 4.90. The number of unbranched alkanes of at least 4 members (excludes halogenated alkanes) is 1. The molecule has 0 bridgehead atoms. The summed E-state index contributed by atoms with van der Waals surface area (Å²) in [5.74, 6) is 0. The first-order valence-electron chi connectivity index (χ1n) is 7.04. The van der Waals surface area contributed by atoms with Crippen LogP contribution >= 0.6 is 23.4 Å². The fraction of sp³-hybridized carbons (Fsp3) is 0.176. The summed E-state index contributed by atoms with van der Waals surface area (Å²) >= 11 is 7.65. The van der Waals surface area contributed by atoms with E-state index in [4.69, 9.17) is 16.9 Å². The summed E-state index contributed by atoms with van der Waals surface area (Å²) in [5, 5.41) is 10.6. The molecule has 3 rings (SSSR count). The summed E-state index contributed by atoms with van der Waals surface area (Å²) in [6, 6.07) is 14.0. The van der Waals surface area contributed by atoms with Crippen molar-refractivity contribution in [3.63, 3.8) is 0 Å². The molecule has 0 aliphatic rings. The normalized spacial score (nSPS) is 10.7. The van der Waals surface area contributed by atoms with E-state index >= 15 is 0 Å². The van der Waals surface area contributed by atoms with Gasteiger partial charge in [-0.25, -0.2) is 4.98 Å². The van der Waals surface area contributed by atoms with Gasteiger partial charge < -0.3 is 4.98 Å². The Hall–Kier alpha value is -1.96. The smallest absolute Gasteiger partial charge is 0.138 e. The van der Waals surface area contributed by atoms with Crippen LogP contribution in [-0.2, 0) is 6.42 Å². The zero-order valence-electron chi connectivity index (χ0n) is 11.8. The van der Waals surface area contributed by atoms with Crippen LogP contribution in [0.25, 0.3) is 11.0 Å². The van der Waals surface area contributed by atoms with Crippen molar-refractivity contribution in [2.24, 2.45) is 0 Å². The molecule has 0 saturated heterocycles. The van der Waals surface area contributed by atoms with E-state index in [2.05, 4.69) is 22.1 Å². The molecule has 110 valence electrons. The quantitative estimate of drug-likeness (QED) is 0.654. The Labute approximate surface area is 138 Å². The molecule has 3 aromatic rings. The highest BCUT2D eigenvalue weighted by molar-refractivity contribution is 7.99. The SMILES string of the molecule is N#CCCCc1[nH]c2ncccc2c1Sc1ccc(Cl)cc1. The van der Waals surface area contributed by atoms with Crippen molar-refractivity contribution in [3.05, 3.63) is 53.3 Å². The van der Waals surface area contributed by atoms with Gasteiger partial charge in [0.15, 0.2) is 0 Å². The first kappa shape index (κ1) is 15.0. The number of nitrogens with one attached hydrogen (secondary N) is 1. The van der Waals surface area contributed by atoms with Crippen LogP contribution in [0.2, 0.25) is 5.02 Å². The fourth-order valence-electron chi connectivity index (χ4n) is 2.31. The van der Waals surface area contributed by atoms with Crippen LogP contribution < -0.4 is 0 Å². The van der Waals surface area contributed by atoms with Crippen LogP contribution in [0.5, 0.6) is 0 Å². The summed E-state index contributed by atoms with van der Waals surface area (Å²) < 4.78 is 0. The molecule has 5 heteroatoms. The van der Waals surface area contributed by atoms with E-state index in [1.807, 2.05) is 30.3 Å². The summed E-state index contributed by atoms with van der Waals surface area (Å²) in [6.07, 6.45) is 4.04. The number of rotatable bonds is 5. The number of aromatic nitrogens is 2. The van der Waals surface area contributed by atoms with Gasteiger partial charge in [-0.3, -0.25) is 0 Å². The predicted octanol–water partition coefficient (Wildman–Crippen LogP) is 5.21. The van der Waals surface area contributed by atoms with Gasteiger partial charge in [0.05, 0.1) is 6.07 Å². The monoisotopic (exact) mass is 327 g/mol. The Balaban J connectivity index is 1.96. The van der Waals surface area contributed by atoms with E-state index in [1.165, 1.54) is 4.90 Å². The van der Waals surface area contributed by atoms with Crippen LogP contribution in [0.15, 0.2) is 52.4 Å². The molecule has 0 fully saturated rings. The number of halogens is 1. The molecule has 0 radical (unpaired) electrons. The lowest BCUT2D eigenvalue weighted by Crippen LogP contribution is -1.87. The number of aryl methyl sites for hydroxylation is 1. The molecule has 0 unspecified atom stereocenters. The van der Waals surface area contributed by atoms with Crippen molar-refractivity contribution in [3.8, 4) is 6.07 Å². The third-order valence-electron chi connectivity index (χ3n) is 3.34. The van der Waals surface area contributed by atoms with Gasteiger partial charge in [-0.1, -0.05) is 23.4 Å². The number of nitriles is 1. The second kappa shape index (κ2) is 6.87. The van der Waals surface area contributed by atoms with Gasteiger partial charge in [0.2, 0.25) is 0 Å². The molecule has 2 aromatic heterocycles. The lowest BCUT2D eigenvalue weighted by atomic mass is 10.2. The topological polar surface area (TPSA) is 52.5 Å². The maximum Gasteiger partial charge on any atom is 0.138 e. The number of nitrogens with zero attached hydrogens (tertiary/aromatic N) is 2. The number of H-pyrrole nitrogens is 1. The fourth-order valence-corrected chi connectivity index (χ4v) is 3.49. The molecule has 0 spiro atoms. The lowest BCUT2D eigenvalue weighted by molar-refractivity contribution is 0.819. The van der Waals surface area contributed by atoms with E-state index < -0.39 is 0 Å². The molecular weight excluding hydrogens is 314 g/mol. The minimum Gasteiger partial charge on any atom is -0.342 e. The van der Waals surface area contributed by atoms with Crippen LogP contribution in [0.1, 0.15) is 18.5 Å². The number of fused-ring (bicyclic) bond motifs is 1. The van der Waals surface area contributed by atoms with Gasteiger partial charge in [0.25, 0.3) is 0 Å². The number of benzene rings is 1. The minimum atomic E-state index is 0.563. The average molecular weight is 328 g/mol. The summed E-state index contributed by atoms with van der Waals surface area (Å²) in [6.45, 7) is 0. The molecule has 1 aromatic carbocycles. The van der Waals surface area contributed by atoms with Crippen LogP contribution in [-0.4, -0.2) is 9.97 Å². The van der Waals surface area contributed by atoms with Crippen molar-refractivity contribution in [2.75, 3.05) is 0 Å². The van der Waals surface area contributed by atoms with Gasteiger partial charge in [-0.15, -0.1) is 0 Å². The summed E-state index contributed by atoms with van der Waals surface area (Å²) in [7, 11) is 0. The molecule has 0 amide bonds. The lowest BCUT2D eigenvalue weighted by Gasteiger charge is -2.04. The van der Waals surface area contributed by atoms with E-state index in [1.54, 1.807) is 18.0 Å². The highest BCUT2D eigenvalue weighted by atomic mass is 35.5. The zero-order chi connectivity index (χ0) is 15.4. The molecule has 0 aliphatic heterocycles. The average Bonchev–Trinajstić information content (AvgIpc) is 2.88. The standard InChI is InChI=1S/C17H14ClN3S/c18-12-6-8-13(9-7-12)22-16-14-4-3-11-20-17(14)21-15(16)5-1-2-10-19/h3-4,6-9,11H,1-2,5H2,(H,20,21). The second-order valence-corrected chi connectivity index (χ2v) is 6.42. The molecule has 22 heavy (non-hydrogen) atoms. The van der Waals surface area contributed by atoms with Gasteiger partial charge in [0.1, 0.15) is 5.65 Å². The summed E-state index contributed by atoms with van der Waals surface area (Å²) in [5.41, 5.74) is 2.04. The van der Waals surface area contributed by atoms with Crippen molar-refractivity contribution in [2.45, 2.75) is 29.1 Å². The van der Waals surface area contributed by atoms with E-state index in [0.29, 0.717) is 6.42 Å². The molecule has 0 aliphatic carbocycles. The van der Waals surface area contributed by atoms with Crippen LogP contribution in [0.3, 0.4) is 0 Å². The van der Waals surface area contributed by atoms with E-state index in [0.717, 1.165) is 39.5 Å². The minimum absolute atomic E-state index is 0.563. The van der Waals surface area contributed by atoms with Gasteiger partial charge >= 0.3 is 0 Å². The molecule has 3 nitrogen and oxygen atoms in total. The molecule has 0 saturated carbocycles. The maximum atomic E-state index is 8.72. The molecule has 2 heterocycles. The van der Waals surface area contributed by atoms with Gasteiger partial charge in [0, 0.05) is 38.5 Å². The van der Waals surface area contributed by atoms with E-state index in [9.17, 15) is 0 Å². The Morgan fingerprint density at radius 3 is 2.82 bits per heavy atom. The Morgan fingerprint density at radius 2 is 2.05 bits per heavy atom. The first-order valence-corrected chi connectivity index (χ1v) is 8.23. The molecular formula is C17H14ClN3S. The Morgan fingerprint density at radius 1 is 1.23 bits per heavy atom. The van der Waals surface area contributed by atoms with Crippen molar-refractivity contribution in [1.29, 1.82) is 5.26 Å². The number of hydrogen-bond donors (Lipinski definition) is 1.